The number of ether oxygens (including phenoxy) is 1. The fraction of sp³-hybridized carbons (Fsp3) is 0.286. The minimum Gasteiger partial charge on any atom is -0.497 e. The standard InChI is InChI=1S/C14H17N3O/c1-10-6-12(9-15)17-14(16-10)8-11-4-3-5-13(7-11)18-2/h3-7H,8-9,15H2,1-2H3. The molecule has 2 rings (SSSR count). The first-order valence-corrected chi connectivity index (χ1v) is 5.87. The lowest BCUT2D eigenvalue weighted by molar-refractivity contribution is 0.414. The number of rotatable bonds is 4. The molecule has 18 heavy (non-hydrogen) atoms. The lowest BCUT2D eigenvalue weighted by Gasteiger charge is -2.06. The van der Waals surface area contributed by atoms with Crippen LogP contribution >= 0.6 is 0 Å². The lowest BCUT2D eigenvalue weighted by atomic mass is 10.1. The summed E-state index contributed by atoms with van der Waals surface area (Å²) < 4.78 is 5.20. The molecule has 0 atom stereocenters. The van der Waals surface area contributed by atoms with Gasteiger partial charge in [-0.3, -0.25) is 0 Å². The second-order valence-corrected chi connectivity index (χ2v) is 4.15. The van der Waals surface area contributed by atoms with Gasteiger partial charge in [0.25, 0.3) is 0 Å². The van der Waals surface area contributed by atoms with Crippen LogP contribution in [0.25, 0.3) is 0 Å². The summed E-state index contributed by atoms with van der Waals surface area (Å²) in [6.45, 7) is 2.39. The summed E-state index contributed by atoms with van der Waals surface area (Å²) in [6, 6.07) is 9.83. The van der Waals surface area contributed by atoms with Gasteiger partial charge in [0.05, 0.1) is 12.8 Å². The molecule has 0 fully saturated rings. The molecule has 2 aromatic rings. The summed E-state index contributed by atoms with van der Waals surface area (Å²) in [5, 5.41) is 0. The predicted octanol–water partition coefficient (Wildman–Crippen LogP) is 1.84. The van der Waals surface area contributed by atoms with Crippen LogP contribution in [-0.4, -0.2) is 17.1 Å². The predicted molar refractivity (Wildman–Crippen MR) is 70.5 cm³/mol. The van der Waals surface area contributed by atoms with E-state index in [-0.39, 0.29) is 0 Å². The first-order chi connectivity index (χ1) is 8.71. The Labute approximate surface area is 107 Å². The highest BCUT2D eigenvalue weighted by atomic mass is 16.5. The topological polar surface area (TPSA) is 61.0 Å². The Kier molecular flexibility index (Phi) is 3.89. The molecule has 94 valence electrons. The fourth-order valence-corrected chi connectivity index (χ4v) is 1.85. The van der Waals surface area contributed by atoms with Gasteiger partial charge in [0, 0.05) is 18.7 Å². The van der Waals surface area contributed by atoms with Crippen LogP contribution in [-0.2, 0) is 13.0 Å². The van der Waals surface area contributed by atoms with Crippen molar-refractivity contribution in [2.45, 2.75) is 19.9 Å². The van der Waals surface area contributed by atoms with Crippen molar-refractivity contribution < 1.29 is 4.74 Å². The summed E-state index contributed by atoms with van der Waals surface area (Å²) in [7, 11) is 1.66. The first kappa shape index (κ1) is 12.5. The van der Waals surface area contributed by atoms with Gasteiger partial charge < -0.3 is 10.5 Å². The van der Waals surface area contributed by atoms with Crippen LogP contribution in [0.1, 0.15) is 22.8 Å². The van der Waals surface area contributed by atoms with E-state index < -0.39 is 0 Å². The zero-order valence-electron chi connectivity index (χ0n) is 10.7. The van der Waals surface area contributed by atoms with E-state index in [1.165, 1.54) is 0 Å². The number of benzene rings is 1. The Morgan fingerprint density at radius 2 is 2.06 bits per heavy atom. The SMILES string of the molecule is COc1cccc(Cc2nc(C)cc(CN)n2)c1. The maximum atomic E-state index is 5.62. The Balaban J connectivity index is 2.24. The van der Waals surface area contributed by atoms with Crippen molar-refractivity contribution in [3.63, 3.8) is 0 Å². The normalized spacial score (nSPS) is 10.4. The number of methoxy groups -OCH3 is 1. The van der Waals surface area contributed by atoms with Crippen LogP contribution in [0.2, 0.25) is 0 Å². The van der Waals surface area contributed by atoms with Crippen molar-refractivity contribution in [1.29, 1.82) is 0 Å². The Morgan fingerprint density at radius 3 is 2.78 bits per heavy atom. The van der Waals surface area contributed by atoms with E-state index in [0.717, 1.165) is 28.5 Å². The Hall–Kier alpha value is -1.94. The molecule has 4 nitrogen and oxygen atoms in total. The van der Waals surface area contributed by atoms with Crippen molar-refractivity contribution >= 4 is 0 Å². The van der Waals surface area contributed by atoms with Gasteiger partial charge in [0.1, 0.15) is 11.6 Å². The molecule has 0 aliphatic rings. The van der Waals surface area contributed by atoms with Crippen LogP contribution in [0.3, 0.4) is 0 Å². The number of nitrogens with two attached hydrogens (primary N) is 1. The summed E-state index contributed by atoms with van der Waals surface area (Å²) in [6.07, 6.45) is 0.686. The Bertz CT molecular complexity index is 540. The zero-order chi connectivity index (χ0) is 13.0. The van der Waals surface area contributed by atoms with E-state index in [0.29, 0.717) is 13.0 Å². The smallest absolute Gasteiger partial charge is 0.133 e. The summed E-state index contributed by atoms with van der Waals surface area (Å²) in [4.78, 5) is 8.85. The minimum absolute atomic E-state index is 0.439. The molecule has 4 heteroatoms. The molecule has 1 aromatic carbocycles. The van der Waals surface area contributed by atoms with Crippen LogP contribution in [0, 0.1) is 6.92 Å². The van der Waals surface area contributed by atoms with Crippen molar-refractivity contribution in [2.24, 2.45) is 5.73 Å². The lowest BCUT2D eigenvalue weighted by Crippen LogP contribution is -2.06. The quantitative estimate of drug-likeness (QED) is 0.890. The van der Waals surface area contributed by atoms with Gasteiger partial charge in [-0.05, 0) is 30.7 Å². The molecule has 0 saturated carbocycles. The molecule has 0 aliphatic carbocycles. The second-order valence-electron chi connectivity index (χ2n) is 4.15. The number of nitrogens with zero attached hydrogens (tertiary/aromatic N) is 2. The molecule has 2 N–H and O–H groups in total. The van der Waals surface area contributed by atoms with Gasteiger partial charge in [0.15, 0.2) is 0 Å². The zero-order valence-corrected chi connectivity index (χ0v) is 10.7. The van der Waals surface area contributed by atoms with Crippen molar-refractivity contribution in [2.75, 3.05) is 7.11 Å². The van der Waals surface area contributed by atoms with E-state index in [1.807, 2.05) is 37.3 Å². The third-order valence-electron chi connectivity index (χ3n) is 2.66. The third kappa shape index (κ3) is 3.05. The molecule has 1 heterocycles. The molecule has 0 spiro atoms. The maximum absolute atomic E-state index is 5.62. The molecule has 0 radical (unpaired) electrons. The van der Waals surface area contributed by atoms with Crippen LogP contribution < -0.4 is 10.5 Å². The average Bonchev–Trinajstić information content (AvgIpc) is 2.38. The van der Waals surface area contributed by atoms with Gasteiger partial charge in [-0.15, -0.1) is 0 Å². The van der Waals surface area contributed by atoms with Crippen LogP contribution in [0.4, 0.5) is 0 Å². The highest BCUT2D eigenvalue weighted by Gasteiger charge is 2.04. The van der Waals surface area contributed by atoms with Gasteiger partial charge >= 0.3 is 0 Å². The van der Waals surface area contributed by atoms with E-state index in [1.54, 1.807) is 7.11 Å². The van der Waals surface area contributed by atoms with E-state index in [2.05, 4.69) is 9.97 Å². The van der Waals surface area contributed by atoms with Crippen molar-refractivity contribution in [3.8, 4) is 5.75 Å². The number of hydrogen-bond acceptors (Lipinski definition) is 4. The molecular weight excluding hydrogens is 226 g/mol. The Morgan fingerprint density at radius 1 is 1.22 bits per heavy atom. The van der Waals surface area contributed by atoms with Gasteiger partial charge in [-0.2, -0.15) is 0 Å². The molecule has 0 bridgehead atoms. The number of aryl methyl sites for hydroxylation is 1. The average molecular weight is 243 g/mol. The minimum atomic E-state index is 0.439. The second kappa shape index (κ2) is 5.60. The molecule has 1 aromatic heterocycles. The van der Waals surface area contributed by atoms with E-state index in [9.17, 15) is 0 Å². The summed E-state index contributed by atoms with van der Waals surface area (Å²) in [5.41, 5.74) is 8.57. The maximum Gasteiger partial charge on any atom is 0.133 e. The molecular formula is C14H17N3O. The summed E-state index contributed by atoms with van der Waals surface area (Å²) >= 11 is 0. The largest absolute Gasteiger partial charge is 0.497 e. The molecule has 0 saturated heterocycles. The number of aromatic nitrogens is 2. The van der Waals surface area contributed by atoms with E-state index in [4.69, 9.17) is 10.5 Å². The van der Waals surface area contributed by atoms with Gasteiger partial charge in [-0.25, -0.2) is 9.97 Å². The van der Waals surface area contributed by atoms with Gasteiger partial charge in [-0.1, -0.05) is 12.1 Å². The molecule has 0 amide bonds. The highest BCUT2D eigenvalue weighted by molar-refractivity contribution is 5.30. The molecule has 0 unspecified atom stereocenters. The first-order valence-electron chi connectivity index (χ1n) is 5.87. The van der Waals surface area contributed by atoms with Crippen molar-refractivity contribution in [3.05, 3.63) is 53.1 Å². The van der Waals surface area contributed by atoms with Crippen LogP contribution in [0.5, 0.6) is 5.75 Å². The summed E-state index contributed by atoms with van der Waals surface area (Å²) in [5.74, 6) is 1.64. The number of hydrogen-bond donors (Lipinski definition) is 1. The highest BCUT2D eigenvalue weighted by Crippen LogP contribution is 2.15. The molecule has 0 aliphatic heterocycles. The monoisotopic (exact) mass is 243 g/mol. The van der Waals surface area contributed by atoms with Gasteiger partial charge in [0.2, 0.25) is 0 Å². The third-order valence-corrected chi connectivity index (χ3v) is 2.66. The van der Waals surface area contributed by atoms with Crippen molar-refractivity contribution in [1.82, 2.24) is 9.97 Å². The van der Waals surface area contributed by atoms with E-state index >= 15 is 0 Å². The van der Waals surface area contributed by atoms with Crippen LogP contribution in [0.15, 0.2) is 30.3 Å². The fourth-order valence-electron chi connectivity index (χ4n) is 1.85.